The molecule has 0 saturated heterocycles. The Labute approximate surface area is 378 Å². The molecule has 0 radical (unpaired) electrons. The predicted octanol–water partition coefficient (Wildman–Crippen LogP) is 5.45. The van der Waals surface area contributed by atoms with E-state index in [0.29, 0.717) is 31.5 Å². The maximum atomic E-state index is 14.1. The first-order valence-corrected chi connectivity index (χ1v) is 23.5. The molecule has 3 aromatic rings. The van der Waals surface area contributed by atoms with Crippen molar-refractivity contribution in [2.45, 2.75) is 153 Å². The molecule has 0 spiro atoms. The van der Waals surface area contributed by atoms with Gasteiger partial charge in [-0.1, -0.05) is 114 Å². The highest BCUT2D eigenvalue weighted by Crippen LogP contribution is 2.25. The summed E-state index contributed by atoms with van der Waals surface area (Å²) in [6.45, 7) is 2.30. The number of nitrogens with two attached hydrogens (primary N) is 3. The fraction of sp³-hybridized carbons (Fsp3) is 0.562. The van der Waals surface area contributed by atoms with Crippen LogP contribution in [0.25, 0.3) is 10.9 Å². The average Bonchev–Trinajstić information content (AvgIpc) is 3.65. The number of hydrogen-bond donors (Lipinski definition) is 8. The normalized spacial score (nSPS) is 14.5. The molecule has 350 valence electrons. The van der Waals surface area contributed by atoms with Crippen LogP contribution in [0.1, 0.15) is 145 Å². The highest BCUT2D eigenvalue weighted by molar-refractivity contribution is 6.10. The summed E-state index contributed by atoms with van der Waals surface area (Å²) in [5, 5.41) is 12.1. The van der Waals surface area contributed by atoms with Gasteiger partial charge in [-0.25, -0.2) is 0 Å². The van der Waals surface area contributed by atoms with Gasteiger partial charge >= 0.3 is 0 Å². The van der Waals surface area contributed by atoms with Gasteiger partial charge in [0.25, 0.3) is 5.91 Å². The summed E-state index contributed by atoms with van der Waals surface area (Å²) >= 11 is 0. The van der Waals surface area contributed by atoms with Crippen molar-refractivity contribution in [1.82, 2.24) is 25.8 Å². The molecule has 4 rings (SSSR count). The maximum Gasteiger partial charge on any atom is 0.257 e. The fourth-order valence-corrected chi connectivity index (χ4v) is 8.17. The van der Waals surface area contributed by atoms with Crippen molar-refractivity contribution >= 4 is 58.0 Å². The minimum absolute atomic E-state index is 0.00351. The third-order valence-electron chi connectivity index (χ3n) is 11.8. The van der Waals surface area contributed by atoms with Crippen molar-refractivity contribution in [3.05, 3.63) is 65.9 Å². The fourth-order valence-electron chi connectivity index (χ4n) is 8.17. The number of hydrogen-bond acceptors (Lipinski definition) is 7. The summed E-state index contributed by atoms with van der Waals surface area (Å²) in [4.78, 5) is 89.0. The zero-order chi connectivity index (χ0) is 46.1. The molecule has 11 N–H and O–H groups in total. The summed E-state index contributed by atoms with van der Waals surface area (Å²) in [5.41, 5.74) is 18.9. The second-order valence-electron chi connectivity index (χ2n) is 16.9. The molecule has 0 saturated carbocycles. The Bertz CT molecular complexity index is 2000. The molecule has 3 atom stereocenters. The molecule has 16 heteroatoms. The maximum absolute atomic E-state index is 14.1. The lowest BCUT2D eigenvalue weighted by molar-refractivity contribution is -0.132. The molecule has 6 amide bonds. The van der Waals surface area contributed by atoms with E-state index >= 15 is 0 Å². The van der Waals surface area contributed by atoms with Crippen molar-refractivity contribution in [3.8, 4) is 0 Å². The lowest BCUT2D eigenvalue weighted by atomic mass is 10.0. The second-order valence-corrected chi connectivity index (χ2v) is 16.9. The smallest absolute Gasteiger partial charge is 0.257 e. The van der Waals surface area contributed by atoms with E-state index in [1.54, 1.807) is 30.5 Å². The Morgan fingerprint density at radius 2 is 1.41 bits per heavy atom. The van der Waals surface area contributed by atoms with Crippen molar-refractivity contribution in [3.63, 3.8) is 0 Å². The van der Waals surface area contributed by atoms with Crippen LogP contribution in [0.4, 0.5) is 5.69 Å². The standard InChI is InChI=1S/C48H72N10O6/c1-2-3-4-5-6-7-8-9-10-11-12-13-14-28-42(59)52-29-20-19-27-41-46(63)56-38-25-18-16-23-36(38)47(64)58(41)33-43(60)55-39(26-21-30-53-48(50)51)45(62)57-40(44(49)61)31-34-32-54-37-24-17-15-22-35(34)37/h15-18,22-25,32,39-41,54H,2-14,19-21,26-31,33H2,1H3,(H2,49,61)(H,52,59)(H,55,60)(H,56,63)(H,57,62)(H4,50,51,53)/t39-,40-,41?/m0/s1. The number of fused-ring (bicyclic) bond motifs is 2. The Morgan fingerprint density at radius 1 is 0.750 bits per heavy atom. The highest BCUT2D eigenvalue weighted by Gasteiger charge is 2.37. The van der Waals surface area contributed by atoms with Gasteiger partial charge in [0.05, 0.1) is 11.3 Å². The number of H-pyrrole nitrogens is 1. The number of nitrogens with one attached hydrogen (secondary N) is 5. The van der Waals surface area contributed by atoms with Crippen LogP contribution >= 0.6 is 0 Å². The first-order chi connectivity index (χ1) is 31.0. The van der Waals surface area contributed by atoms with Gasteiger partial charge in [-0.3, -0.25) is 33.8 Å². The molecule has 16 nitrogen and oxygen atoms in total. The van der Waals surface area contributed by atoms with E-state index < -0.39 is 54.2 Å². The summed E-state index contributed by atoms with van der Waals surface area (Å²) in [7, 11) is 0. The molecule has 2 aromatic carbocycles. The van der Waals surface area contributed by atoms with Crippen LogP contribution < -0.4 is 38.5 Å². The number of benzene rings is 2. The van der Waals surface area contributed by atoms with E-state index in [1.165, 1.54) is 69.1 Å². The molecule has 64 heavy (non-hydrogen) atoms. The van der Waals surface area contributed by atoms with Gasteiger partial charge in [0.15, 0.2) is 5.96 Å². The Kier molecular flexibility index (Phi) is 22.2. The first kappa shape index (κ1) is 50.7. The van der Waals surface area contributed by atoms with Gasteiger partial charge in [-0.2, -0.15) is 0 Å². The second kappa shape index (κ2) is 28.0. The molecule has 1 aliphatic rings. The van der Waals surface area contributed by atoms with Crippen molar-refractivity contribution in [2.75, 3.05) is 25.0 Å². The van der Waals surface area contributed by atoms with Gasteiger partial charge in [0.1, 0.15) is 24.7 Å². The van der Waals surface area contributed by atoms with Crippen LogP contribution in [0.3, 0.4) is 0 Å². The zero-order valence-electron chi connectivity index (χ0n) is 37.8. The van der Waals surface area contributed by atoms with E-state index in [1.807, 2.05) is 24.3 Å². The third kappa shape index (κ3) is 17.3. The summed E-state index contributed by atoms with van der Waals surface area (Å²) in [6, 6.07) is 10.8. The number of aliphatic imine (C=N–C) groups is 1. The Balaban J connectivity index is 1.30. The topological polar surface area (TPSA) is 260 Å². The molecule has 0 aliphatic carbocycles. The third-order valence-corrected chi connectivity index (χ3v) is 11.8. The van der Waals surface area contributed by atoms with E-state index in [2.05, 4.69) is 38.2 Å². The highest BCUT2D eigenvalue weighted by atomic mass is 16.2. The quantitative estimate of drug-likeness (QED) is 0.0234. The van der Waals surface area contributed by atoms with Gasteiger partial charge in [0.2, 0.25) is 29.5 Å². The number of carbonyl (C=O) groups is 6. The summed E-state index contributed by atoms with van der Waals surface area (Å²) in [6.07, 6.45) is 20.1. The number of nitrogens with zero attached hydrogens (tertiary/aromatic N) is 2. The number of guanidine groups is 1. The molecular formula is C48H72N10O6. The van der Waals surface area contributed by atoms with Crippen LogP contribution in [0.5, 0.6) is 0 Å². The van der Waals surface area contributed by atoms with Gasteiger partial charge in [-0.15, -0.1) is 0 Å². The molecule has 0 bridgehead atoms. The number of amides is 6. The largest absolute Gasteiger partial charge is 0.370 e. The van der Waals surface area contributed by atoms with Crippen LogP contribution in [0.15, 0.2) is 59.7 Å². The molecule has 1 aliphatic heterocycles. The Morgan fingerprint density at radius 3 is 2.09 bits per heavy atom. The minimum atomic E-state index is -1.17. The summed E-state index contributed by atoms with van der Waals surface area (Å²) in [5.74, 6) is -3.24. The van der Waals surface area contributed by atoms with Crippen molar-refractivity contribution in [1.29, 1.82) is 0 Å². The monoisotopic (exact) mass is 885 g/mol. The molecular weight excluding hydrogens is 813 g/mol. The first-order valence-electron chi connectivity index (χ1n) is 23.5. The van der Waals surface area contributed by atoms with Gasteiger partial charge in [-0.05, 0) is 62.3 Å². The number of para-hydroxylation sites is 2. The number of rotatable bonds is 31. The Hall–Kier alpha value is -5.93. The van der Waals surface area contributed by atoms with Gasteiger partial charge in [0, 0.05) is 43.0 Å². The van der Waals surface area contributed by atoms with E-state index in [9.17, 15) is 28.8 Å². The van der Waals surface area contributed by atoms with Crippen molar-refractivity contribution in [2.24, 2.45) is 22.2 Å². The molecule has 2 heterocycles. The SMILES string of the molecule is CCCCCCCCCCCCCCCC(=O)NCCCCC1C(=O)Nc2ccccc2C(=O)N1CC(=O)N[C@@H](CCCN=C(N)N)C(=O)N[C@@H](Cc1c[nH]c2ccccc12)C(N)=O. The van der Waals surface area contributed by atoms with E-state index in [-0.39, 0.29) is 49.7 Å². The minimum Gasteiger partial charge on any atom is -0.370 e. The number of unbranched alkanes of at least 4 members (excludes halogenated alkanes) is 13. The molecule has 1 unspecified atom stereocenters. The zero-order valence-corrected chi connectivity index (χ0v) is 37.8. The van der Waals surface area contributed by atoms with Gasteiger partial charge < -0.3 is 48.4 Å². The van der Waals surface area contributed by atoms with Crippen LogP contribution in [-0.2, 0) is 30.4 Å². The predicted molar refractivity (Wildman–Crippen MR) is 252 cm³/mol. The van der Waals surface area contributed by atoms with Crippen molar-refractivity contribution < 1.29 is 28.8 Å². The lowest BCUT2D eigenvalue weighted by Gasteiger charge is -2.29. The number of primary amides is 1. The molecule has 0 fully saturated rings. The van der Waals surface area contributed by atoms with E-state index in [4.69, 9.17) is 17.2 Å². The molecule has 1 aromatic heterocycles. The average molecular weight is 885 g/mol. The van der Waals surface area contributed by atoms with E-state index in [0.717, 1.165) is 35.7 Å². The summed E-state index contributed by atoms with van der Waals surface area (Å²) < 4.78 is 0. The number of aromatic amines is 1. The number of carbonyl (C=O) groups excluding carboxylic acids is 6. The number of aromatic nitrogens is 1. The van der Waals surface area contributed by atoms with Crippen LogP contribution in [0, 0.1) is 0 Å². The number of anilines is 1. The lowest BCUT2D eigenvalue weighted by Crippen LogP contribution is -2.56. The van der Waals surface area contributed by atoms with Crippen LogP contribution in [-0.4, -0.2) is 89.0 Å². The van der Waals surface area contributed by atoms with Crippen LogP contribution in [0.2, 0.25) is 0 Å².